The number of aromatic nitrogens is 2. The van der Waals surface area contributed by atoms with Gasteiger partial charge in [-0.3, -0.25) is 4.79 Å². The number of aryl methyl sites for hydroxylation is 1. The molecule has 7 nitrogen and oxygen atoms in total. The number of rotatable bonds is 4. The van der Waals surface area contributed by atoms with Gasteiger partial charge in [0.05, 0.1) is 16.5 Å². The number of nitrogens with two attached hydrogens (primary N) is 1. The molecule has 0 spiro atoms. The van der Waals surface area contributed by atoms with Crippen molar-refractivity contribution in [2.45, 2.75) is 6.92 Å². The van der Waals surface area contributed by atoms with E-state index in [1.807, 2.05) is 25.1 Å². The fourth-order valence-electron chi connectivity index (χ4n) is 2.71. The van der Waals surface area contributed by atoms with Crippen LogP contribution in [-0.2, 0) is 0 Å². The number of anilines is 1. The monoisotopic (exact) mass is 411 g/mol. The van der Waals surface area contributed by atoms with Crippen LogP contribution in [0.25, 0.3) is 21.5 Å². The summed E-state index contributed by atoms with van der Waals surface area (Å²) in [7, 11) is 0. The zero-order chi connectivity index (χ0) is 19.7. The van der Waals surface area contributed by atoms with Gasteiger partial charge in [-0.15, -0.1) is 11.3 Å². The molecule has 3 heterocycles. The van der Waals surface area contributed by atoms with E-state index in [1.54, 1.807) is 18.2 Å². The Morgan fingerprint density at radius 3 is 2.79 bits per heavy atom. The molecule has 4 aromatic rings. The van der Waals surface area contributed by atoms with Gasteiger partial charge in [-0.2, -0.15) is 5.10 Å². The van der Waals surface area contributed by atoms with Crippen LogP contribution in [0.2, 0.25) is 5.02 Å². The molecule has 0 saturated heterocycles. The number of halogens is 1. The number of hydrazone groups is 1. The molecule has 0 aliphatic heterocycles. The summed E-state index contributed by atoms with van der Waals surface area (Å²) in [5, 5.41) is 5.32. The van der Waals surface area contributed by atoms with Gasteiger partial charge in [0.1, 0.15) is 28.5 Å². The van der Waals surface area contributed by atoms with E-state index in [9.17, 15) is 4.79 Å². The SMILES string of the molecule is Cc1c(C(=O)N/N=C\c2ccc(-c3ccc(Cl)cc3)o2)sc2ncnc(N)c12. The Balaban J connectivity index is 1.48. The molecule has 3 aromatic heterocycles. The van der Waals surface area contributed by atoms with E-state index < -0.39 is 0 Å². The van der Waals surface area contributed by atoms with Crippen molar-refractivity contribution in [3.8, 4) is 11.3 Å². The summed E-state index contributed by atoms with van der Waals surface area (Å²) in [6.07, 6.45) is 2.82. The molecule has 0 atom stereocenters. The van der Waals surface area contributed by atoms with Crippen molar-refractivity contribution >= 4 is 51.1 Å². The maximum absolute atomic E-state index is 12.4. The maximum Gasteiger partial charge on any atom is 0.281 e. The Kier molecular flexibility index (Phi) is 4.81. The van der Waals surface area contributed by atoms with Crippen molar-refractivity contribution < 1.29 is 9.21 Å². The number of fused-ring (bicyclic) bond motifs is 1. The Hall–Kier alpha value is -3.23. The summed E-state index contributed by atoms with van der Waals surface area (Å²) in [5.41, 5.74) is 10.0. The van der Waals surface area contributed by atoms with Crippen LogP contribution in [0.1, 0.15) is 21.0 Å². The smallest absolute Gasteiger partial charge is 0.281 e. The number of carbonyl (C=O) groups excluding carboxylic acids is 1. The average Bonchev–Trinajstić information content (AvgIpc) is 3.28. The Morgan fingerprint density at radius 2 is 2.04 bits per heavy atom. The van der Waals surface area contributed by atoms with E-state index in [0.29, 0.717) is 37.5 Å². The first-order valence-corrected chi connectivity index (χ1v) is 9.41. The normalized spacial score (nSPS) is 11.4. The largest absolute Gasteiger partial charge is 0.455 e. The third kappa shape index (κ3) is 3.47. The van der Waals surface area contributed by atoms with Gasteiger partial charge in [0.15, 0.2) is 0 Å². The summed E-state index contributed by atoms with van der Waals surface area (Å²) in [5.74, 6) is 1.19. The lowest BCUT2D eigenvalue weighted by atomic mass is 10.2. The summed E-state index contributed by atoms with van der Waals surface area (Å²) in [6.45, 7) is 1.81. The van der Waals surface area contributed by atoms with Gasteiger partial charge in [-0.25, -0.2) is 15.4 Å². The Bertz CT molecular complexity index is 1200. The standard InChI is InChI=1S/C19H14ClN5O2S/c1-10-15-17(21)22-9-23-19(15)28-16(10)18(26)25-24-8-13-6-7-14(27-13)11-2-4-12(20)5-3-11/h2-9H,1H3,(H,25,26)(H2,21,22,23)/b24-8-. The van der Waals surface area contributed by atoms with E-state index >= 15 is 0 Å². The quantitative estimate of drug-likeness (QED) is 0.385. The predicted octanol–water partition coefficient (Wildman–Crippen LogP) is 4.26. The number of carbonyl (C=O) groups is 1. The number of hydrogen-bond acceptors (Lipinski definition) is 7. The highest BCUT2D eigenvalue weighted by molar-refractivity contribution is 7.20. The molecule has 9 heteroatoms. The average molecular weight is 412 g/mol. The fraction of sp³-hybridized carbons (Fsp3) is 0.0526. The van der Waals surface area contributed by atoms with E-state index in [0.717, 1.165) is 11.1 Å². The van der Waals surface area contributed by atoms with Gasteiger partial charge >= 0.3 is 0 Å². The molecule has 0 aliphatic carbocycles. The molecule has 3 N–H and O–H groups in total. The van der Waals surface area contributed by atoms with Gasteiger partial charge in [0.25, 0.3) is 5.91 Å². The zero-order valence-electron chi connectivity index (χ0n) is 14.6. The van der Waals surface area contributed by atoms with Crippen molar-refractivity contribution in [3.05, 3.63) is 63.9 Å². The van der Waals surface area contributed by atoms with Gasteiger partial charge in [0.2, 0.25) is 0 Å². The van der Waals surface area contributed by atoms with Crippen LogP contribution in [0.4, 0.5) is 5.82 Å². The van der Waals surface area contributed by atoms with Crippen molar-refractivity contribution in [2.75, 3.05) is 5.73 Å². The molecule has 0 fully saturated rings. The van der Waals surface area contributed by atoms with E-state index in [4.69, 9.17) is 21.8 Å². The highest BCUT2D eigenvalue weighted by Crippen LogP contribution is 2.31. The molecule has 0 unspecified atom stereocenters. The third-order valence-corrected chi connectivity index (χ3v) is 5.53. The molecule has 1 amide bonds. The molecular formula is C19H14ClN5O2S. The summed E-state index contributed by atoms with van der Waals surface area (Å²) < 4.78 is 5.71. The molecular weight excluding hydrogens is 398 g/mol. The number of nitrogens with one attached hydrogen (secondary N) is 1. The highest BCUT2D eigenvalue weighted by Gasteiger charge is 2.18. The Labute approximate surface area is 168 Å². The third-order valence-electron chi connectivity index (χ3n) is 4.08. The topological polar surface area (TPSA) is 106 Å². The van der Waals surface area contributed by atoms with Gasteiger partial charge in [-0.1, -0.05) is 11.6 Å². The molecule has 28 heavy (non-hydrogen) atoms. The van der Waals surface area contributed by atoms with Crippen LogP contribution in [0.15, 0.2) is 52.2 Å². The lowest BCUT2D eigenvalue weighted by molar-refractivity contribution is 0.0958. The first kappa shape index (κ1) is 18.1. The summed E-state index contributed by atoms with van der Waals surface area (Å²) in [4.78, 5) is 21.7. The van der Waals surface area contributed by atoms with Crippen LogP contribution in [0, 0.1) is 6.92 Å². The van der Waals surface area contributed by atoms with Gasteiger partial charge in [-0.05, 0) is 48.9 Å². The number of amides is 1. The number of nitrogens with zero attached hydrogens (tertiary/aromatic N) is 3. The summed E-state index contributed by atoms with van der Waals surface area (Å²) >= 11 is 7.14. The second-order valence-corrected chi connectivity index (χ2v) is 7.34. The summed E-state index contributed by atoms with van der Waals surface area (Å²) in [6, 6.07) is 10.9. The zero-order valence-corrected chi connectivity index (χ0v) is 16.2. The van der Waals surface area contributed by atoms with Crippen molar-refractivity contribution in [2.24, 2.45) is 5.10 Å². The molecule has 0 radical (unpaired) electrons. The minimum Gasteiger partial charge on any atom is -0.455 e. The van der Waals surface area contributed by atoms with Crippen molar-refractivity contribution in [1.29, 1.82) is 0 Å². The minimum atomic E-state index is -0.347. The number of nitrogen functional groups attached to an aromatic ring is 1. The number of benzene rings is 1. The van der Waals surface area contributed by atoms with Gasteiger partial charge < -0.3 is 10.2 Å². The van der Waals surface area contributed by atoms with Crippen molar-refractivity contribution in [3.63, 3.8) is 0 Å². The number of hydrogen-bond donors (Lipinski definition) is 2. The number of furan rings is 1. The Morgan fingerprint density at radius 1 is 1.25 bits per heavy atom. The fourth-order valence-corrected chi connectivity index (χ4v) is 3.88. The van der Waals surface area contributed by atoms with E-state index in [2.05, 4.69) is 20.5 Å². The lowest BCUT2D eigenvalue weighted by Gasteiger charge is -1.98. The lowest BCUT2D eigenvalue weighted by Crippen LogP contribution is -2.17. The van der Waals surface area contributed by atoms with E-state index in [-0.39, 0.29) is 5.91 Å². The van der Waals surface area contributed by atoms with Crippen LogP contribution < -0.4 is 11.2 Å². The molecule has 0 aliphatic rings. The van der Waals surface area contributed by atoms with Crippen molar-refractivity contribution in [1.82, 2.24) is 15.4 Å². The molecule has 140 valence electrons. The predicted molar refractivity (Wildman–Crippen MR) is 111 cm³/mol. The van der Waals surface area contributed by atoms with Crippen LogP contribution in [-0.4, -0.2) is 22.1 Å². The molecule has 0 bridgehead atoms. The van der Waals surface area contributed by atoms with Crippen LogP contribution in [0.5, 0.6) is 0 Å². The molecule has 4 rings (SSSR count). The van der Waals surface area contributed by atoms with Crippen LogP contribution >= 0.6 is 22.9 Å². The van der Waals surface area contributed by atoms with E-state index in [1.165, 1.54) is 23.9 Å². The highest BCUT2D eigenvalue weighted by atomic mass is 35.5. The second-order valence-electron chi connectivity index (χ2n) is 5.90. The second kappa shape index (κ2) is 7.41. The number of thiophene rings is 1. The minimum absolute atomic E-state index is 0.347. The first-order valence-electron chi connectivity index (χ1n) is 8.21. The molecule has 0 saturated carbocycles. The van der Waals surface area contributed by atoms with Crippen LogP contribution in [0.3, 0.4) is 0 Å². The van der Waals surface area contributed by atoms with Gasteiger partial charge in [0, 0.05) is 10.6 Å². The molecule has 1 aromatic carbocycles. The first-order chi connectivity index (χ1) is 13.5. The maximum atomic E-state index is 12.4.